The van der Waals surface area contributed by atoms with E-state index in [0.29, 0.717) is 12.8 Å². The van der Waals surface area contributed by atoms with Crippen LogP contribution in [-0.2, 0) is 22.4 Å². The number of carbonyl (C=O) groups is 2. The van der Waals surface area contributed by atoms with Crippen LogP contribution in [0.5, 0.6) is 11.5 Å². The average Bonchev–Trinajstić information content (AvgIpc) is 2.96. The van der Waals surface area contributed by atoms with Gasteiger partial charge >= 0.3 is 0 Å². The van der Waals surface area contributed by atoms with Crippen LogP contribution in [0.4, 0.5) is 0 Å². The Morgan fingerprint density at radius 2 is 1.05 bits per heavy atom. The molecule has 0 saturated heterocycles. The van der Waals surface area contributed by atoms with Gasteiger partial charge in [-0.05, 0) is 82.6 Å². The Morgan fingerprint density at radius 1 is 0.632 bits per heavy atom. The molecule has 4 rings (SSSR count). The summed E-state index contributed by atoms with van der Waals surface area (Å²) < 4.78 is 10.5. The summed E-state index contributed by atoms with van der Waals surface area (Å²) in [6.45, 7) is 0. The van der Waals surface area contributed by atoms with E-state index in [1.54, 1.807) is 28.3 Å². The second kappa shape index (κ2) is 14.6. The molecule has 0 bridgehead atoms. The molecule has 0 aromatic heterocycles. The highest BCUT2D eigenvalue weighted by Crippen LogP contribution is 2.26. The standard InChI is InChI=1S/2C16H19NO2/c2*1-17-16(18)8-4-7-12-5-3-6-13-9-10-14(19-2)11-15(12)13/h2*3,5-6,9-11H,4,7-8H2,1-2H3,(H,17,18). The van der Waals surface area contributed by atoms with Crippen LogP contribution < -0.4 is 20.1 Å². The minimum atomic E-state index is 0.0952. The fourth-order valence-corrected chi connectivity index (χ4v) is 4.45. The van der Waals surface area contributed by atoms with Gasteiger partial charge in [-0.1, -0.05) is 48.5 Å². The highest BCUT2D eigenvalue weighted by molar-refractivity contribution is 5.88. The maximum absolute atomic E-state index is 11.2. The lowest BCUT2D eigenvalue weighted by Gasteiger charge is -2.08. The van der Waals surface area contributed by atoms with E-state index in [0.717, 1.165) is 37.2 Å². The second-order valence-corrected chi connectivity index (χ2v) is 9.06. The second-order valence-electron chi connectivity index (χ2n) is 9.06. The predicted molar refractivity (Wildman–Crippen MR) is 155 cm³/mol. The van der Waals surface area contributed by atoms with Crippen molar-refractivity contribution in [1.82, 2.24) is 10.6 Å². The van der Waals surface area contributed by atoms with E-state index in [4.69, 9.17) is 9.47 Å². The normalized spacial score (nSPS) is 10.4. The maximum Gasteiger partial charge on any atom is 0.219 e. The molecule has 4 aromatic carbocycles. The fourth-order valence-electron chi connectivity index (χ4n) is 4.45. The molecule has 200 valence electrons. The number of aryl methyl sites for hydroxylation is 2. The van der Waals surface area contributed by atoms with Crippen molar-refractivity contribution in [1.29, 1.82) is 0 Å². The molecule has 0 radical (unpaired) electrons. The Labute approximate surface area is 225 Å². The van der Waals surface area contributed by atoms with Crippen LogP contribution in [0.3, 0.4) is 0 Å². The fraction of sp³-hybridized carbons (Fsp3) is 0.312. The Bertz CT molecular complexity index is 1260. The highest BCUT2D eigenvalue weighted by Gasteiger charge is 2.06. The van der Waals surface area contributed by atoms with E-state index in [1.807, 2.05) is 12.1 Å². The Hall–Kier alpha value is -4.06. The number of benzene rings is 4. The lowest BCUT2D eigenvalue weighted by Crippen LogP contribution is -2.17. The molecule has 0 saturated carbocycles. The topological polar surface area (TPSA) is 76.7 Å². The first-order valence-electron chi connectivity index (χ1n) is 13.0. The van der Waals surface area contributed by atoms with Crippen LogP contribution in [0.2, 0.25) is 0 Å². The molecule has 4 aromatic rings. The summed E-state index contributed by atoms with van der Waals surface area (Å²) in [7, 11) is 6.70. The molecule has 38 heavy (non-hydrogen) atoms. The third kappa shape index (κ3) is 7.97. The van der Waals surface area contributed by atoms with Crippen LogP contribution in [0.1, 0.15) is 36.8 Å². The van der Waals surface area contributed by atoms with E-state index < -0.39 is 0 Å². The monoisotopic (exact) mass is 514 g/mol. The van der Waals surface area contributed by atoms with Gasteiger partial charge in [0.25, 0.3) is 0 Å². The molecule has 6 heteroatoms. The number of nitrogens with one attached hydrogen (secondary N) is 2. The number of rotatable bonds is 10. The van der Waals surface area contributed by atoms with Gasteiger partial charge < -0.3 is 20.1 Å². The van der Waals surface area contributed by atoms with E-state index >= 15 is 0 Å². The molecule has 2 amide bonds. The molecule has 0 spiro atoms. The quantitative estimate of drug-likeness (QED) is 0.279. The summed E-state index contributed by atoms with van der Waals surface area (Å²) in [5.41, 5.74) is 2.53. The summed E-state index contributed by atoms with van der Waals surface area (Å²) in [5, 5.41) is 10.1. The third-order valence-corrected chi connectivity index (χ3v) is 6.62. The summed E-state index contributed by atoms with van der Waals surface area (Å²) in [6.07, 6.45) is 4.65. The minimum Gasteiger partial charge on any atom is -0.497 e. The summed E-state index contributed by atoms with van der Waals surface area (Å²) in [6, 6.07) is 24.7. The van der Waals surface area contributed by atoms with E-state index in [2.05, 4.69) is 71.3 Å². The van der Waals surface area contributed by atoms with Gasteiger partial charge in [0.15, 0.2) is 0 Å². The largest absolute Gasteiger partial charge is 0.497 e. The number of methoxy groups -OCH3 is 2. The zero-order valence-electron chi connectivity index (χ0n) is 22.8. The van der Waals surface area contributed by atoms with Crippen LogP contribution in [0.25, 0.3) is 21.5 Å². The molecule has 0 unspecified atom stereocenters. The van der Waals surface area contributed by atoms with Gasteiger partial charge in [0.05, 0.1) is 14.2 Å². The third-order valence-electron chi connectivity index (χ3n) is 6.62. The van der Waals surface area contributed by atoms with E-state index in [-0.39, 0.29) is 11.8 Å². The zero-order valence-corrected chi connectivity index (χ0v) is 22.8. The minimum absolute atomic E-state index is 0.0952. The van der Waals surface area contributed by atoms with Gasteiger partial charge in [-0.3, -0.25) is 9.59 Å². The Kier molecular flexibility index (Phi) is 11.0. The van der Waals surface area contributed by atoms with Crippen molar-refractivity contribution in [2.45, 2.75) is 38.5 Å². The van der Waals surface area contributed by atoms with E-state index in [1.165, 1.54) is 32.7 Å². The molecule has 0 atom stereocenters. The number of amides is 2. The van der Waals surface area contributed by atoms with Crippen molar-refractivity contribution in [3.63, 3.8) is 0 Å². The molecule has 0 fully saturated rings. The lowest BCUT2D eigenvalue weighted by molar-refractivity contribution is -0.121. The summed E-state index contributed by atoms with van der Waals surface area (Å²) in [5.74, 6) is 1.92. The van der Waals surface area contributed by atoms with Gasteiger partial charge in [0, 0.05) is 26.9 Å². The summed E-state index contributed by atoms with van der Waals surface area (Å²) in [4.78, 5) is 22.5. The summed E-state index contributed by atoms with van der Waals surface area (Å²) >= 11 is 0. The van der Waals surface area contributed by atoms with Gasteiger partial charge in [-0.15, -0.1) is 0 Å². The predicted octanol–water partition coefficient (Wildman–Crippen LogP) is 5.83. The van der Waals surface area contributed by atoms with Crippen LogP contribution >= 0.6 is 0 Å². The molecule has 2 N–H and O–H groups in total. The number of carbonyl (C=O) groups excluding carboxylic acids is 2. The van der Waals surface area contributed by atoms with E-state index in [9.17, 15) is 9.59 Å². The van der Waals surface area contributed by atoms with Crippen LogP contribution in [-0.4, -0.2) is 40.1 Å². The highest BCUT2D eigenvalue weighted by atomic mass is 16.5. The number of hydrogen-bond acceptors (Lipinski definition) is 4. The van der Waals surface area contributed by atoms with Crippen molar-refractivity contribution in [2.24, 2.45) is 0 Å². The molecule has 0 aliphatic heterocycles. The van der Waals surface area contributed by atoms with Crippen molar-refractivity contribution < 1.29 is 19.1 Å². The van der Waals surface area contributed by atoms with Gasteiger partial charge in [-0.2, -0.15) is 0 Å². The molecular weight excluding hydrogens is 476 g/mol. The Morgan fingerprint density at radius 3 is 1.42 bits per heavy atom. The molecule has 0 aliphatic carbocycles. The smallest absolute Gasteiger partial charge is 0.219 e. The first-order chi connectivity index (χ1) is 18.5. The Balaban J connectivity index is 0.000000211. The van der Waals surface area contributed by atoms with Crippen LogP contribution in [0, 0.1) is 0 Å². The zero-order chi connectivity index (χ0) is 27.3. The first-order valence-corrected chi connectivity index (χ1v) is 13.0. The number of ether oxygens (including phenoxy) is 2. The number of fused-ring (bicyclic) bond motifs is 2. The van der Waals surface area contributed by atoms with Crippen molar-refractivity contribution in [3.8, 4) is 11.5 Å². The van der Waals surface area contributed by atoms with Gasteiger partial charge in [0.1, 0.15) is 11.5 Å². The number of hydrogen-bond donors (Lipinski definition) is 2. The van der Waals surface area contributed by atoms with Crippen molar-refractivity contribution in [2.75, 3.05) is 28.3 Å². The molecule has 0 heterocycles. The first kappa shape index (κ1) is 28.5. The van der Waals surface area contributed by atoms with Gasteiger partial charge in [-0.25, -0.2) is 0 Å². The van der Waals surface area contributed by atoms with Gasteiger partial charge in [0.2, 0.25) is 11.8 Å². The molecule has 6 nitrogen and oxygen atoms in total. The van der Waals surface area contributed by atoms with Crippen LogP contribution in [0.15, 0.2) is 72.8 Å². The SMILES string of the molecule is CNC(=O)CCCc1cccc2ccc(OC)cc12.CNC(=O)CCCc1cccc2ccc(OC)cc12. The average molecular weight is 515 g/mol. The lowest BCUT2D eigenvalue weighted by atomic mass is 10.00. The maximum atomic E-state index is 11.2. The molecular formula is C32H38N2O4. The van der Waals surface area contributed by atoms with Crippen molar-refractivity contribution in [3.05, 3.63) is 83.9 Å². The van der Waals surface area contributed by atoms with Crippen molar-refractivity contribution >= 4 is 33.4 Å². The molecule has 0 aliphatic rings.